The first kappa shape index (κ1) is 13.6. The van der Waals surface area contributed by atoms with Crippen molar-refractivity contribution in [3.63, 3.8) is 0 Å². The number of anilines is 1. The third kappa shape index (κ3) is 4.95. The van der Waals surface area contributed by atoms with Gasteiger partial charge in [0.05, 0.1) is 25.2 Å². The van der Waals surface area contributed by atoms with Crippen LogP contribution in [0.25, 0.3) is 0 Å². The second-order valence-electron chi connectivity index (χ2n) is 3.74. The van der Waals surface area contributed by atoms with Gasteiger partial charge in [-0.3, -0.25) is 0 Å². The molecule has 0 fully saturated rings. The molecule has 0 spiro atoms. The maximum atomic E-state index is 10.9. The Morgan fingerprint density at radius 3 is 2.65 bits per heavy atom. The van der Waals surface area contributed by atoms with Crippen LogP contribution in [0.3, 0.4) is 0 Å². The molecule has 0 radical (unpaired) electrons. The van der Waals surface area contributed by atoms with Crippen LogP contribution >= 0.6 is 0 Å². The molecule has 5 nitrogen and oxygen atoms in total. The summed E-state index contributed by atoms with van der Waals surface area (Å²) >= 11 is 0. The van der Waals surface area contributed by atoms with Crippen molar-refractivity contribution in [3.05, 3.63) is 18.2 Å². The molecule has 0 saturated heterocycles. The van der Waals surface area contributed by atoms with Gasteiger partial charge in [-0.1, -0.05) is 0 Å². The van der Waals surface area contributed by atoms with Crippen LogP contribution in [0.2, 0.25) is 0 Å². The van der Waals surface area contributed by atoms with Gasteiger partial charge in [-0.05, 0) is 18.6 Å². The summed E-state index contributed by atoms with van der Waals surface area (Å²) in [6.45, 7) is 0.310. The minimum atomic E-state index is -2.94. The van der Waals surface area contributed by atoms with Crippen LogP contribution in [-0.2, 0) is 9.84 Å². The van der Waals surface area contributed by atoms with Gasteiger partial charge in [-0.15, -0.1) is 0 Å². The smallest absolute Gasteiger partial charge is 0.147 e. The molecule has 0 bridgehead atoms. The van der Waals surface area contributed by atoms with Crippen molar-refractivity contribution in [2.75, 3.05) is 31.5 Å². The second-order valence-corrected chi connectivity index (χ2v) is 6.00. The van der Waals surface area contributed by atoms with Crippen molar-refractivity contribution >= 4 is 15.5 Å². The highest BCUT2D eigenvalue weighted by Gasteiger charge is 2.05. The Bertz CT molecular complexity index is 470. The summed E-state index contributed by atoms with van der Waals surface area (Å²) in [5.74, 6) is 1.27. The molecule has 1 aromatic rings. The van der Waals surface area contributed by atoms with E-state index in [1.807, 2.05) is 0 Å². The molecule has 0 heterocycles. The van der Waals surface area contributed by atoms with Crippen LogP contribution in [0.4, 0.5) is 5.69 Å². The molecule has 0 aliphatic carbocycles. The average Bonchev–Trinajstić information content (AvgIpc) is 2.25. The molecule has 0 aliphatic heterocycles. The lowest BCUT2D eigenvalue weighted by Crippen LogP contribution is -2.08. The van der Waals surface area contributed by atoms with E-state index in [2.05, 4.69) is 0 Å². The van der Waals surface area contributed by atoms with Crippen molar-refractivity contribution in [3.8, 4) is 11.5 Å². The fourth-order valence-electron chi connectivity index (χ4n) is 1.27. The van der Waals surface area contributed by atoms with Crippen molar-refractivity contribution in [2.24, 2.45) is 0 Å². The van der Waals surface area contributed by atoms with E-state index in [4.69, 9.17) is 15.2 Å². The highest BCUT2D eigenvalue weighted by Crippen LogP contribution is 2.26. The van der Waals surface area contributed by atoms with Gasteiger partial charge in [0.15, 0.2) is 0 Å². The number of hydrogen-bond donors (Lipinski definition) is 1. The van der Waals surface area contributed by atoms with Crippen LogP contribution in [0.1, 0.15) is 6.42 Å². The summed E-state index contributed by atoms with van der Waals surface area (Å²) in [6, 6.07) is 5.10. The Morgan fingerprint density at radius 2 is 2.06 bits per heavy atom. The summed E-state index contributed by atoms with van der Waals surface area (Å²) in [6.07, 6.45) is 1.64. The number of nitrogens with two attached hydrogens (primary N) is 1. The van der Waals surface area contributed by atoms with Crippen molar-refractivity contribution in [1.82, 2.24) is 0 Å². The number of sulfone groups is 1. The molecule has 0 aromatic heterocycles. The Labute approximate surface area is 101 Å². The maximum absolute atomic E-state index is 10.9. The lowest BCUT2D eigenvalue weighted by molar-refractivity contribution is 0.316. The van der Waals surface area contributed by atoms with Gasteiger partial charge in [0, 0.05) is 12.3 Å². The van der Waals surface area contributed by atoms with Crippen LogP contribution in [0, 0.1) is 0 Å². The van der Waals surface area contributed by atoms with E-state index in [-0.39, 0.29) is 5.75 Å². The van der Waals surface area contributed by atoms with E-state index in [0.29, 0.717) is 30.2 Å². The van der Waals surface area contributed by atoms with Crippen LogP contribution in [-0.4, -0.2) is 34.1 Å². The monoisotopic (exact) mass is 259 g/mol. The van der Waals surface area contributed by atoms with Gasteiger partial charge in [-0.25, -0.2) is 8.42 Å². The third-order valence-electron chi connectivity index (χ3n) is 2.14. The van der Waals surface area contributed by atoms with Gasteiger partial charge in [-0.2, -0.15) is 0 Å². The predicted octanol–water partition coefficient (Wildman–Crippen LogP) is 1.09. The first-order chi connectivity index (χ1) is 7.92. The summed E-state index contributed by atoms with van der Waals surface area (Å²) in [5.41, 5.74) is 6.22. The zero-order valence-corrected chi connectivity index (χ0v) is 10.8. The number of methoxy groups -OCH3 is 1. The Morgan fingerprint density at radius 1 is 1.35 bits per heavy atom. The predicted molar refractivity (Wildman–Crippen MR) is 67.2 cm³/mol. The van der Waals surface area contributed by atoms with E-state index in [1.54, 1.807) is 25.3 Å². The molecule has 1 rings (SSSR count). The molecule has 0 aliphatic rings. The van der Waals surface area contributed by atoms with E-state index >= 15 is 0 Å². The molecule has 0 amide bonds. The Kier molecular flexibility index (Phi) is 4.62. The number of rotatable bonds is 6. The average molecular weight is 259 g/mol. The molecular weight excluding hydrogens is 242 g/mol. The van der Waals surface area contributed by atoms with Crippen molar-refractivity contribution < 1.29 is 17.9 Å². The minimum Gasteiger partial charge on any atom is -0.497 e. The van der Waals surface area contributed by atoms with Crippen molar-refractivity contribution in [2.45, 2.75) is 6.42 Å². The fourth-order valence-corrected chi connectivity index (χ4v) is 1.91. The van der Waals surface area contributed by atoms with E-state index in [0.717, 1.165) is 0 Å². The molecule has 0 atom stereocenters. The van der Waals surface area contributed by atoms with Gasteiger partial charge in [0.2, 0.25) is 0 Å². The number of benzene rings is 1. The SMILES string of the molecule is COc1ccc(N)c(OCCCS(C)(=O)=O)c1. The van der Waals surface area contributed by atoms with Gasteiger partial charge in [0.25, 0.3) is 0 Å². The molecule has 6 heteroatoms. The first-order valence-corrected chi connectivity index (χ1v) is 7.22. The lowest BCUT2D eigenvalue weighted by atomic mass is 10.3. The summed E-state index contributed by atoms with van der Waals surface area (Å²) < 4.78 is 32.3. The zero-order chi connectivity index (χ0) is 12.9. The van der Waals surface area contributed by atoms with Gasteiger partial charge in [0.1, 0.15) is 21.3 Å². The normalized spacial score (nSPS) is 11.2. The highest BCUT2D eigenvalue weighted by atomic mass is 32.2. The zero-order valence-electron chi connectivity index (χ0n) is 9.97. The number of nitrogen functional groups attached to an aromatic ring is 1. The lowest BCUT2D eigenvalue weighted by Gasteiger charge is -2.10. The largest absolute Gasteiger partial charge is 0.497 e. The third-order valence-corrected chi connectivity index (χ3v) is 3.17. The molecule has 0 unspecified atom stereocenters. The topological polar surface area (TPSA) is 78.6 Å². The van der Waals surface area contributed by atoms with Gasteiger partial charge >= 0.3 is 0 Å². The summed E-state index contributed by atoms with van der Waals surface area (Å²) in [7, 11) is -1.38. The van der Waals surface area contributed by atoms with Crippen LogP contribution in [0.5, 0.6) is 11.5 Å². The highest BCUT2D eigenvalue weighted by molar-refractivity contribution is 7.90. The maximum Gasteiger partial charge on any atom is 0.147 e. The molecular formula is C11H17NO4S. The van der Waals surface area contributed by atoms with E-state index < -0.39 is 9.84 Å². The standard InChI is InChI=1S/C11H17NO4S/c1-15-9-4-5-10(12)11(8-9)16-6-3-7-17(2,13)14/h4-5,8H,3,6-7,12H2,1-2H3. The number of hydrogen-bond acceptors (Lipinski definition) is 5. The van der Waals surface area contributed by atoms with Gasteiger partial charge < -0.3 is 15.2 Å². The van der Waals surface area contributed by atoms with E-state index in [9.17, 15) is 8.42 Å². The fraction of sp³-hybridized carbons (Fsp3) is 0.455. The Balaban J connectivity index is 2.51. The first-order valence-electron chi connectivity index (χ1n) is 5.16. The van der Waals surface area contributed by atoms with E-state index in [1.165, 1.54) is 6.26 Å². The Hall–Kier alpha value is -1.43. The molecule has 17 heavy (non-hydrogen) atoms. The van der Waals surface area contributed by atoms with Crippen LogP contribution < -0.4 is 15.2 Å². The van der Waals surface area contributed by atoms with Crippen LogP contribution in [0.15, 0.2) is 18.2 Å². The van der Waals surface area contributed by atoms with Crippen molar-refractivity contribution in [1.29, 1.82) is 0 Å². The summed E-state index contributed by atoms with van der Waals surface area (Å²) in [4.78, 5) is 0. The number of ether oxygens (including phenoxy) is 2. The second kappa shape index (κ2) is 5.77. The molecule has 96 valence electrons. The summed E-state index contributed by atoms with van der Waals surface area (Å²) in [5, 5.41) is 0. The minimum absolute atomic E-state index is 0.108. The molecule has 1 aromatic carbocycles. The molecule has 0 saturated carbocycles. The molecule has 2 N–H and O–H groups in total. The quantitative estimate of drug-likeness (QED) is 0.611.